The van der Waals surface area contributed by atoms with E-state index in [1.54, 1.807) is 0 Å². The lowest BCUT2D eigenvalue weighted by Gasteiger charge is -2.42. The molecule has 10 atom stereocenters. The quantitative estimate of drug-likeness (QED) is 0.221. The molecule has 0 radical (unpaired) electrons. The molecule has 2 fully saturated rings. The van der Waals surface area contributed by atoms with Gasteiger partial charge in [0, 0.05) is 0 Å². The Balaban J connectivity index is 1.34. The van der Waals surface area contributed by atoms with Gasteiger partial charge in [-0.1, -0.05) is 54.6 Å². The van der Waals surface area contributed by atoms with Crippen LogP contribution in [0, 0.1) is 0 Å². The second-order valence-electron chi connectivity index (χ2n) is 8.92. The summed E-state index contributed by atoms with van der Waals surface area (Å²) in [6.45, 7) is -0.986. The molecule has 7 N–H and O–H groups in total. The maximum absolute atomic E-state index is 10.3. The van der Waals surface area contributed by atoms with Gasteiger partial charge in [-0.05, 0) is 16.7 Å². The van der Waals surface area contributed by atoms with Gasteiger partial charge in [-0.2, -0.15) is 0 Å². The van der Waals surface area contributed by atoms with E-state index in [-0.39, 0.29) is 6.61 Å². The van der Waals surface area contributed by atoms with Crippen molar-refractivity contribution in [2.45, 2.75) is 68.0 Å². The van der Waals surface area contributed by atoms with Crippen LogP contribution >= 0.6 is 0 Å². The molecule has 11 nitrogen and oxygen atoms in total. The highest BCUT2D eigenvalue weighted by molar-refractivity contribution is 5.63. The van der Waals surface area contributed by atoms with Crippen molar-refractivity contribution in [3.63, 3.8) is 0 Å². The third-order valence-electron chi connectivity index (χ3n) is 6.42. The van der Waals surface area contributed by atoms with Crippen molar-refractivity contribution in [1.29, 1.82) is 0 Å². The smallest absolute Gasteiger partial charge is 0.187 e. The van der Waals surface area contributed by atoms with Crippen LogP contribution in [0.5, 0.6) is 0 Å². The highest BCUT2D eigenvalue weighted by Crippen LogP contribution is 2.27. The van der Waals surface area contributed by atoms with Gasteiger partial charge in [-0.3, -0.25) is 0 Å². The molecule has 2 aromatic rings. The van der Waals surface area contributed by atoms with Crippen LogP contribution in [0.4, 0.5) is 0 Å². The molecule has 4 rings (SSSR count). The van der Waals surface area contributed by atoms with Gasteiger partial charge in [-0.25, -0.2) is 0 Å². The van der Waals surface area contributed by atoms with E-state index >= 15 is 0 Å². The predicted octanol–water partition coefficient (Wildman–Crippen LogP) is -1.51. The molecular formula is C25H32O11. The van der Waals surface area contributed by atoms with Crippen molar-refractivity contribution in [2.75, 3.05) is 13.2 Å². The summed E-state index contributed by atoms with van der Waals surface area (Å²) in [5.41, 5.74) is 2.88. The van der Waals surface area contributed by atoms with Gasteiger partial charge in [0.2, 0.25) is 0 Å². The minimum Gasteiger partial charge on any atom is -0.394 e. The minimum absolute atomic E-state index is 0.0555. The van der Waals surface area contributed by atoms with Crippen molar-refractivity contribution < 1.29 is 54.7 Å². The van der Waals surface area contributed by atoms with Gasteiger partial charge in [0.25, 0.3) is 0 Å². The van der Waals surface area contributed by atoms with E-state index in [1.807, 2.05) is 54.6 Å². The lowest BCUT2D eigenvalue weighted by Crippen LogP contribution is -2.61. The fraction of sp³-hybridized carbons (Fsp3) is 0.520. The molecule has 0 unspecified atom stereocenters. The highest BCUT2D eigenvalue weighted by Gasteiger charge is 2.47. The first kappa shape index (κ1) is 27.0. The van der Waals surface area contributed by atoms with Crippen LogP contribution in [0.1, 0.15) is 5.56 Å². The van der Waals surface area contributed by atoms with Crippen LogP contribution < -0.4 is 0 Å². The van der Waals surface area contributed by atoms with Crippen molar-refractivity contribution in [2.24, 2.45) is 0 Å². The molecule has 0 bridgehead atoms. The zero-order chi connectivity index (χ0) is 25.8. The Labute approximate surface area is 207 Å². The fourth-order valence-corrected chi connectivity index (χ4v) is 4.19. The summed E-state index contributed by atoms with van der Waals surface area (Å²) in [6, 6.07) is 17.4. The summed E-state index contributed by atoms with van der Waals surface area (Å²) in [6.07, 6.45) is -14.6. The normalized spacial score (nSPS) is 37.1. The Morgan fingerprint density at radius 3 is 1.72 bits per heavy atom. The monoisotopic (exact) mass is 508 g/mol. The van der Waals surface area contributed by atoms with E-state index in [4.69, 9.17) is 18.9 Å². The SMILES string of the molecule is OC[C@H]1O[C@@H](OC[C@H]2O[C@@H](OCc3ccc(-c4ccccc4)cc3)[C@H](O)[C@@H](O)[C@@H]2O)[C@H](O)[C@@H](O)[C@@H]1O. The summed E-state index contributed by atoms with van der Waals surface area (Å²) in [5, 5.41) is 70.1. The van der Waals surface area contributed by atoms with Crippen LogP contribution in [-0.2, 0) is 25.6 Å². The van der Waals surface area contributed by atoms with Crippen LogP contribution in [0.15, 0.2) is 54.6 Å². The molecule has 0 spiro atoms. The molecule has 0 aliphatic carbocycles. The van der Waals surface area contributed by atoms with Crippen molar-refractivity contribution in [3.8, 4) is 11.1 Å². The second-order valence-corrected chi connectivity index (χ2v) is 8.92. The van der Waals surface area contributed by atoms with E-state index in [9.17, 15) is 35.7 Å². The summed E-state index contributed by atoms with van der Waals surface area (Å²) >= 11 is 0. The maximum atomic E-state index is 10.3. The molecular weight excluding hydrogens is 476 g/mol. The first-order valence-corrected chi connectivity index (χ1v) is 11.7. The first-order valence-electron chi connectivity index (χ1n) is 11.7. The Morgan fingerprint density at radius 1 is 0.583 bits per heavy atom. The predicted molar refractivity (Wildman–Crippen MR) is 123 cm³/mol. The maximum Gasteiger partial charge on any atom is 0.187 e. The zero-order valence-corrected chi connectivity index (χ0v) is 19.4. The van der Waals surface area contributed by atoms with E-state index in [0.717, 1.165) is 16.7 Å². The lowest BCUT2D eigenvalue weighted by molar-refractivity contribution is -0.332. The van der Waals surface area contributed by atoms with Gasteiger partial charge in [0.15, 0.2) is 12.6 Å². The second kappa shape index (κ2) is 12.0. The molecule has 0 saturated carbocycles. The van der Waals surface area contributed by atoms with E-state index in [2.05, 4.69) is 0 Å². The average Bonchev–Trinajstić information content (AvgIpc) is 2.91. The number of hydrogen-bond acceptors (Lipinski definition) is 11. The highest BCUT2D eigenvalue weighted by atomic mass is 16.7. The summed E-state index contributed by atoms with van der Waals surface area (Å²) in [4.78, 5) is 0. The minimum atomic E-state index is -1.63. The third-order valence-corrected chi connectivity index (χ3v) is 6.42. The largest absolute Gasteiger partial charge is 0.394 e. The third kappa shape index (κ3) is 5.93. The van der Waals surface area contributed by atoms with E-state index < -0.39 is 74.6 Å². The topological polar surface area (TPSA) is 179 Å². The molecule has 2 aliphatic rings. The summed E-state index contributed by atoms with van der Waals surface area (Å²) in [7, 11) is 0. The van der Waals surface area contributed by atoms with Crippen molar-refractivity contribution in [1.82, 2.24) is 0 Å². The number of aliphatic hydroxyl groups is 7. The van der Waals surface area contributed by atoms with Crippen LogP contribution in [0.25, 0.3) is 11.1 Å². The Kier molecular flexibility index (Phi) is 9.04. The molecule has 11 heteroatoms. The van der Waals surface area contributed by atoms with Gasteiger partial charge >= 0.3 is 0 Å². The van der Waals surface area contributed by atoms with Gasteiger partial charge in [0.1, 0.15) is 48.8 Å². The van der Waals surface area contributed by atoms with Crippen LogP contribution in [0.2, 0.25) is 0 Å². The molecule has 0 aromatic heterocycles. The van der Waals surface area contributed by atoms with Crippen molar-refractivity contribution >= 4 is 0 Å². The van der Waals surface area contributed by atoms with E-state index in [0.29, 0.717) is 0 Å². The molecule has 2 aliphatic heterocycles. The number of hydrogen-bond donors (Lipinski definition) is 7. The first-order chi connectivity index (χ1) is 17.3. The number of benzene rings is 2. The number of aliphatic hydroxyl groups excluding tert-OH is 7. The molecule has 2 saturated heterocycles. The van der Waals surface area contributed by atoms with Crippen LogP contribution in [-0.4, -0.2) is 110 Å². The molecule has 2 aromatic carbocycles. The Morgan fingerprint density at radius 2 is 1.11 bits per heavy atom. The average molecular weight is 509 g/mol. The zero-order valence-electron chi connectivity index (χ0n) is 19.4. The molecule has 36 heavy (non-hydrogen) atoms. The molecule has 0 amide bonds. The summed E-state index contributed by atoms with van der Waals surface area (Å²) < 4.78 is 22.0. The summed E-state index contributed by atoms with van der Waals surface area (Å²) in [5.74, 6) is 0. The molecule has 2 heterocycles. The lowest BCUT2D eigenvalue weighted by atomic mass is 9.98. The van der Waals surface area contributed by atoms with Crippen molar-refractivity contribution in [3.05, 3.63) is 60.2 Å². The Bertz CT molecular complexity index is 941. The van der Waals surface area contributed by atoms with E-state index in [1.165, 1.54) is 0 Å². The van der Waals surface area contributed by atoms with Gasteiger partial charge in [0.05, 0.1) is 19.8 Å². The number of ether oxygens (including phenoxy) is 4. The van der Waals surface area contributed by atoms with Gasteiger partial charge in [-0.15, -0.1) is 0 Å². The number of rotatable bonds is 8. The fourth-order valence-electron chi connectivity index (χ4n) is 4.19. The van der Waals surface area contributed by atoms with Crippen LogP contribution in [0.3, 0.4) is 0 Å². The molecule has 198 valence electrons. The Hall–Kier alpha value is -2.00. The van der Waals surface area contributed by atoms with Gasteiger partial charge < -0.3 is 54.7 Å². The standard InChI is InChI=1S/C25H32O11/c26-10-16-18(27)20(29)22(31)25(35-16)34-12-17-19(28)21(30)23(32)24(36-17)33-11-13-6-8-15(9-7-13)14-4-2-1-3-5-14/h1-9,16-32H,10-12H2/t16-,17-,18-,19-,20+,21+,22-,23-,24-,25-/m1/s1.